The molecule has 0 bridgehead atoms. The molecule has 3 rings (SSSR count). The second-order valence-corrected chi connectivity index (χ2v) is 6.13. The van der Waals surface area contributed by atoms with Crippen LogP contribution in [0, 0.1) is 18.7 Å². The minimum absolute atomic E-state index is 0.241. The van der Waals surface area contributed by atoms with Crippen LogP contribution in [0.4, 0.5) is 4.39 Å². The first kappa shape index (κ1) is 16.4. The van der Waals surface area contributed by atoms with Crippen molar-refractivity contribution in [3.05, 3.63) is 66.3 Å². The quantitative estimate of drug-likeness (QED) is 0.726. The van der Waals surface area contributed by atoms with Crippen LogP contribution in [-0.2, 0) is 13.1 Å². The zero-order chi connectivity index (χ0) is 16.9. The third-order valence-electron chi connectivity index (χ3n) is 3.98. The summed E-state index contributed by atoms with van der Waals surface area (Å²) in [4.78, 5) is 4.24. The Labute approximate surface area is 141 Å². The van der Waals surface area contributed by atoms with Gasteiger partial charge < -0.3 is 9.88 Å². The summed E-state index contributed by atoms with van der Waals surface area (Å²) in [5, 5.41) is 7.79. The number of hydrogen-bond acceptors (Lipinski definition) is 3. The van der Waals surface area contributed by atoms with E-state index in [9.17, 15) is 4.39 Å². The lowest BCUT2D eigenvalue weighted by Gasteiger charge is -2.14. The van der Waals surface area contributed by atoms with Gasteiger partial charge in [-0.25, -0.2) is 14.1 Å². The van der Waals surface area contributed by atoms with Crippen molar-refractivity contribution < 1.29 is 4.39 Å². The smallest absolute Gasteiger partial charge is 0.123 e. The van der Waals surface area contributed by atoms with Gasteiger partial charge in [-0.15, -0.1) is 0 Å². The monoisotopic (exact) mass is 327 g/mol. The summed E-state index contributed by atoms with van der Waals surface area (Å²) in [6, 6.07) is 6.31. The van der Waals surface area contributed by atoms with Gasteiger partial charge in [0.15, 0.2) is 0 Å². The predicted octanol–water partition coefficient (Wildman–Crippen LogP) is 2.94. The van der Waals surface area contributed by atoms with Crippen molar-refractivity contribution in [2.45, 2.75) is 26.9 Å². The Morgan fingerprint density at radius 3 is 2.75 bits per heavy atom. The van der Waals surface area contributed by atoms with Gasteiger partial charge in [0, 0.05) is 37.2 Å². The summed E-state index contributed by atoms with van der Waals surface area (Å²) in [5.74, 6) is 1.31. The maximum Gasteiger partial charge on any atom is 0.123 e. The number of rotatable bonds is 7. The Morgan fingerprint density at radius 1 is 1.25 bits per heavy atom. The van der Waals surface area contributed by atoms with Crippen LogP contribution in [-0.4, -0.2) is 25.9 Å². The predicted molar refractivity (Wildman–Crippen MR) is 91.4 cm³/mol. The Morgan fingerprint density at radius 2 is 2.04 bits per heavy atom. The van der Waals surface area contributed by atoms with Crippen molar-refractivity contribution in [3.63, 3.8) is 0 Å². The minimum atomic E-state index is -0.241. The molecule has 0 aliphatic carbocycles. The van der Waals surface area contributed by atoms with Crippen LogP contribution in [0.15, 0.2) is 49.1 Å². The zero-order valence-corrected chi connectivity index (χ0v) is 14.0. The van der Waals surface area contributed by atoms with Crippen molar-refractivity contribution in [1.29, 1.82) is 0 Å². The normalized spacial score (nSPS) is 12.5. The molecule has 0 aliphatic rings. The summed E-state index contributed by atoms with van der Waals surface area (Å²) in [7, 11) is 0. The van der Waals surface area contributed by atoms with Crippen LogP contribution >= 0.6 is 0 Å². The van der Waals surface area contributed by atoms with E-state index in [0.29, 0.717) is 5.92 Å². The number of imidazole rings is 1. The van der Waals surface area contributed by atoms with Crippen LogP contribution in [0.5, 0.6) is 0 Å². The molecule has 6 heteroatoms. The Bertz CT molecular complexity index is 775. The molecule has 3 aromatic rings. The van der Waals surface area contributed by atoms with Gasteiger partial charge in [-0.3, -0.25) is 0 Å². The van der Waals surface area contributed by atoms with Crippen LogP contribution in [0.2, 0.25) is 0 Å². The van der Waals surface area contributed by atoms with E-state index < -0.39 is 0 Å². The van der Waals surface area contributed by atoms with E-state index in [-0.39, 0.29) is 5.82 Å². The van der Waals surface area contributed by atoms with E-state index >= 15 is 0 Å². The number of benzene rings is 1. The summed E-state index contributed by atoms with van der Waals surface area (Å²) in [6.07, 6.45) is 7.64. The summed E-state index contributed by atoms with van der Waals surface area (Å²) < 4.78 is 16.9. The average molecular weight is 327 g/mol. The van der Waals surface area contributed by atoms with Crippen molar-refractivity contribution in [3.8, 4) is 5.69 Å². The molecule has 1 N–H and O–H groups in total. The second kappa shape index (κ2) is 7.40. The Hall–Kier alpha value is -2.47. The number of nitrogens with zero attached hydrogens (tertiary/aromatic N) is 4. The second-order valence-electron chi connectivity index (χ2n) is 6.13. The van der Waals surface area contributed by atoms with E-state index in [4.69, 9.17) is 0 Å². The standard InChI is InChI=1S/C18H22FN5/c1-14(12-23-8-7-21-15(23)2)9-20-10-16-11-22-24(13-16)18-5-3-17(19)4-6-18/h3-8,11,13-14,20H,9-10,12H2,1-2H3. The van der Waals surface area contributed by atoms with Gasteiger partial charge in [0.2, 0.25) is 0 Å². The Balaban J connectivity index is 1.49. The molecule has 0 aliphatic heterocycles. The maximum atomic E-state index is 13.0. The number of halogens is 1. The lowest BCUT2D eigenvalue weighted by atomic mass is 10.1. The SMILES string of the molecule is Cc1nccn1CC(C)CNCc1cnn(-c2ccc(F)cc2)c1. The van der Waals surface area contributed by atoms with Crippen molar-refractivity contribution in [2.24, 2.45) is 5.92 Å². The highest BCUT2D eigenvalue weighted by Gasteiger charge is 2.06. The number of nitrogens with one attached hydrogen (secondary N) is 1. The molecular weight excluding hydrogens is 305 g/mol. The highest BCUT2D eigenvalue weighted by molar-refractivity contribution is 5.31. The lowest BCUT2D eigenvalue weighted by molar-refractivity contribution is 0.440. The fraction of sp³-hybridized carbons (Fsp3) is 0.333. The number of hydrogen-bond donors (Lipinski definition) is 1. The van der Waals surface area contributed by atoms with Crippen LogP contribution in [0.1, 0.15) is 18.3 Å². The Kier molecular flexibility index (Phi) is 5.05. The molecule has 24 heavy (non-hydrogen) atoms. The molecule has 0 radical (unpaired) electrons. The molecule has 0 saturated heterocycles. The van der Waals surface area contributed by atoms with Crippen molar-refractivity contribution >= 4 is 0 Å². The van der Waals surface area contributed by atoms with Gasteiger partial charge in [-0.05, 0) is 43.7 Å². The molecule has 5 nitrogen and oxygen atoms in total. The average Bonchev–Trinajstić information content (AvgIpc) is 3.18. The first-order valence-electron chi connectivity index (χ1n) is 8.10. The van der Waals surface area contributed by atoms with E-state index in [2.05, 4.69) is 26.9 Å². The fourth-order valence-corrected chi connectivity index (χ4v) is 2.65. The van der Waals surface area contributed by atoms with Crippen molar-refractivity contribution in [1.82, 2.24) is 24.6 Å². The van der Waals surface area contributed by atoms with Gasteiger partial charge in [0.05, 0.1) is 11.9 Å². The summed E-state index contributed by atoms with van der Waals surface area (Å²) >= 11 is 0. The molecule has 2 aromatic heterocycles. The van der Waals surface area contributed by atoms with Gasteiger partial charge in [-0.2, -0.15) is 5.10 Å². The van der Waals surface area contributed by atoms with E-state index in [1.165, 1.54) is 12.1 Å². The lowest BCUT2D eigenvalue weighted by Crippen LogP contribution is -2.23. The first-order chi connectivity index (χ1) is 11.6. The van der Waals surface area contributed by atoms with E-state index in [1.54, 1.807) is 16.8 Å². The molecule has 0 fully saturated rings. The molecule has 0 amide bonds. The van der Waals surface area contributed by atoms with Gasteiger partial charge >= 0.3 is 0 Å². The van der Waals surface area contributed by atoms with Gasteiger partial charge in [-0.1, -0.05) is 6.92 Å². The molecule has 1 atom stereocenters. The molecule has 1 unspecified atom stereocenters. The third-order valence-corrected chi connectivity index (χ3v) is 3.98. The minimum Gasteiger partial charge on any atom is -0.335 e. The first-order valence-corrected chi connectivity index (χ1v) is 8.10. The molecule has 2 heterocycles. The highest BCUT2D eigenvalue weighted by atomic mass is 19.1. The van der Waals surface area contributed by atoms with Crippen LogP contribution < -0.4 is 5.32 Å². The van der Waals surface area contributed by atoms with Crippen LogP contribution in [0.25, 0.3) is 5.69 Å². The molecule has 126 valence electrons. The number of aryl methyl sites for hydroxylation is 1. The number of aromatic nitrogens is 4. The fourth-order valence-electron chi connectivity index (χ4n) is 2.65. The summed E-state index contributed by atoms with van der Waals surface area (Å²) in [6.45, 7) is 6.86. The van der Waals surface area contributed by atoms with Gasteiger partial charge in [0.1, 0.15) is 11.6 Å². The highest BCUT2D eigenvalue weighted by Crippen LogP contribution is 2.10. The largest absolute Gasteiger partial charge is 0.335 e. The third kappa shape index (κ3) is 4.08. The molecule has 0 saturated carbocycles. The maximum absolute atomic E-state index is 13.0. The zero-order valence-electron chi connectivity index (χ0n) is 14.0. The van der Waals surface area contributed by atoms with Crippen LogP contribution in [0.3, 0.4) is 0 Å². The molecule has 0 spiro atoms. The summed E-state index contributed by atoms with van der Waals surface area (Å²) in [5.41, 5.74) is 1.96. The van der Waals surface area contributed by atoms with E-state index in [0.717, 1.165) is 36.7 Å². The molecular formula is C18H22FN5. The van der Waals surface area contributed by atoms with E-state index in [1.807, 2.05) is 31.7 Å². The topological polar surface area (TPSA) is 47.7 Å². The van der Waals surface area contributed by atoms with Crippen molar-refractivity contribution in [2.75, 3.05) is 6.54 Å². The molecule has 1 aromatic carbocycles. The van der Waals surface area contributed by atoms with Gasteiger partial charge in [0.25, 0.3) is 0 Å².